The first-order valence-electron chi connectivity index (χ1n) is 7.37. The third-order valence-corrected chi connectivity index (χ3v) is 5.83. The van der Waals surface area contributed by atoms with E-state index in [-0.39, 0.29) is 29.8 Å². The minimum atomic E-state index is -2.98. The first-order chi connectivity index (χ1) is 10.5. The molecule has 116 valence electrons. The van der Waals surface area contributed by atoms with Crippen LogP contribution in [0.15, 0.2) is 36.5 Å². The van der Waals surface area contributed by atoms with Crippen LogP contribution < -0.4 is 5.32 Å². The summed E-state index contributed by atoms with van der Waals surface area (Å²) in [6.07, 6.45) is 3.37. The number of nitrogens with one attached hydrogen (secondary N) is 1. The third-order valence-electron chi connectivity index (χ3n) is 3.94. The fraction of sp³-hybridized carbons (Fsp3) is 0.375. The summed E-state index contributed by atoms with van der Waals surface area (Å²) in [6, 6.07) is 9.40. The highest BCUT2D eigenvalue weighted by Gasteiger charge is 2.26. The molecule has 1 unspecified atom stereocenters. The minimum absolute atomic E-state index is 0.0818. The lowest BCUT2D eigenvalue weighted by molar-refractivity contribution is -0.117. The number of hydrogen-bond acceptors (Lipinski definition) is 4. The lowest BCUT2D eigenvalue weighted by atomic mass is 10.0. The van der Waals surface area contributed by atoms with Gasteiger partial charge in [0.1, 0.15) is 0 Å². The molecule has 0 bridgehead atoms. The predicted octanol–water partition coefficient (Wildman–Crippen LogP) is 2.39. The monoisotopic (exact) mass is 318 g/mol. The standard InChI is InChI=1S/C16H18N2O3S/c19-15(10-12-4-3-9-22(20,21)11-12)18-14-7-1-5-13-6-2-8-17-16(13)14/h1-2,5-8,12H,3-4,9-11H2,(H,18,19). The summed E-state index contributed by atoms with van der Waals surface area (Å²) >= 11 is 0. The summed E-state index contributed by atoms with van der Waals surface area (Å²) in [6.45, 7) is 0. The molecule has 2 heterocycles. The van der Waals surface area contributed by atoms with E-state index < -0.39 is 9.84 Å². The molecule has 1 fully saturated rings. The predicted molar refractivity (Wildman–Crippen MR) is 86.4 cm³/mol. The van der Waals surface area contributed by atoms with Gasteiger partial charge in [-0.3, -0.25) is 9.78 Å². The number of nitrogens with zero attached hydrogens (tertiary/aromatic N) is 1. The van der Waals surface area contributed by atoms with Crippen LogP contribution in [0.5, 0.6) is 0 Å². The van der Waals surface area contributed by atoms with Crippen LogP contribution in [0.25, 0.3) is 10.9 Å². The number of rotatable bonds is 3. The van der Waals surface area contributed by atoms with Gasteiger partial charge in [0.15, 0.2) is 9.84 Å². The molecule has 22 heavy (non-hydrogen) atoms. The van der Waals surface area contributed by atoms with Crippen LogP contribution in [0, 0.1) is 5.92 Å². The fourth-order valence-corrected chi connectivity index (χ4v) is 4.72. The second kappa shape index (κ2) is 6.04. The van der Waals surface area contributed by atoms with Crippen LogP contribution >= 0.6 is 0 Å². The normalized spacial score (nSPS) is 20.6. The second-order valence-electron chi connectivity index (χ2n) is 5.76. The van der Waals surface area contributed by atoms with Gasteiger partial charge in [-0.15, -0.1) is 0 Å². The van der Waals surface area contributed by atoms with Crippen LogP contribution in [0.1, 0.15) is 19.3 Å². The molecule has 2 aromatic rings. The Kier molecular flexibility index (Phi) is 4.11. The third kappa shape index (κ3) is 3.44. The maximum Gasteiger partial charge on any atom is 0.224 e. The molecule has 0 saturated carbocycles. The zero-order chi connectivity index (χ0) is 15.6. The molecule has 5 nitrogen and oxygen atoms in total. The van der Waals surface area contributed by atoms with Crippen LogP contribution in [-0.4, -0.2) is 30.8 Å². The van der Waals surface area contributed by atoms with E-state index >= 15 is 0 Å². The summed E-state index contributed by atoms with van der Waals surface area (Å²) in [5.74, 6) is 0.133. The van der Waals surface area contributed by atoms with Crippen molar-refractivity contribution < 1.29 is 13.2 Å². The highest BCUT2D eigenvalue weighted by molar-refractivity contribution is 7.91. The van der Waals surface area contributed by atoms with Crippen LogP contribution in [0.4, 0.5) is 5.69 Å². The Bertz CT molecular complexity index is 797. The van der Waals surface area contributed by atoms with Crippen molar-refractivity contribution in [3.63, 3.8) is 0 Å². The van der Waals surface area contributed by atoms with Gasteiger partial charge in [0.25, 0.3) is 0 Å². The molecular formula is C16H18N2O3S. The second-order valence-corrected chi connectivity index (χ2v) is 7.98. The number of aromatic nitrogens is 1. The van der Waals surface area contributed by atoms with E-state index in [4.69, 9.17) is 0 Å². The van der Waals surface area contributed by atoms with E-state index in [0.717, 1.165) is 17.3 Å². The molecule has 0 spiro atoms. The maximum absolute atomic E-state index is 12.2. The largest absolute Gasteiger partial charge is 0.324 e. The van der Waals surface area contributed by atoms with Crippen molar-refractivity contribution in [2.75, 3.05) is 16.8 Å². The lowest BCUT2D eigenvalue weighted by Gasteiger charge is -2.21. The Morgan fingerprint density at radius 3 is 2.91 bits per heavy atom. The molecule has 1 aromatic carbocycles. The number of anilines is 1. The SMILES string of the molecule is O=C(CC1CCCS(=O)(=O)C1)Nc1cccc2cccnc12. The van der Waals surface area contributed by atoms with Gasteiger partial charge in [-0.1, -0.05) is 18.2 Å². The van der Waals surface area contributed by atoms with Crippen molar-refractivity contribution in [2.45, 2.75) is 19.3 Å². The number of carbonyl (C=O) groups is 1. The van der Waals surface area contributed by atoms with Crippen molar-refractivity contribution in [1.82, 2.24) is 4.98 Å². The molecule has 1 saturated heterocycles. The Labute approximate surface area is 129 Å². The smallest absolute Gasteiger partial charge is 0.224 e. The number of fused-ring (bicyclic) bond motifs is 1. The summed E-state index contributed by atoms with van der Waals surface area (Å²) in [7, 11) is -2.98. The highest BCUT2D eigenvalue weighted by Crippen LogP contribution is 2.24. The lowest BCUT2D eigenvalue weighted by Crippen LogP contribution is -2.28. The summed E-state index contributed by atoms with van der Waals surface area (Å²) < 4.78 is 23.3. The quantitative estimate of drug-likeness (QED) is 0.943. The Balaban J connectivity index is 1.71. The van der Waals surface area contributed by atoms with Gasteiger partial charge in [-0.25, -0.2) is 8.42 Å². The number of hydrogen-bond donors (Lipinski definition) is 1. The summed E-state index contributed by atoms with van der Waals surface area (Å²) in [4.78, 5) is 16.5. The zero-order valence-corrected chi connectivity index (χ0v) is 13.0. The van der Waals surface area contributed by atoms with Gasteiger partial charge in [0.05, 0.1) is 22.7 Å². The minimum Gasteiger partial charge on any atom is -0.324 e. The van der Waals surface area contributed by atoms with E-state index in [1.807, 2.05) is 30.3 Å². The average molecular weight is 318 g/mol. The number of benzene rings is 1. The number of sulfone groups is 1. The summed E-state index contributed by atoms with van der Waals surface area (Å²) in [5, 5.41) is 3.82. The van der Waals surface area contributed by atoms with Gasteiger partial charge in [-0.05, 0) is 30.9 Å². The molecule has 0 aliphatic carbocycles. The van der Waals surface area contributed by atoms with Crippen molar-refractivity contribution in [2.24, 2.45) is 5.92 Å². The van der Waals surface area contributed by atoms with Gasteiger partial charge in [0.2, 0.25) is 5.91 Å². The first kappa shape index (κ1) is 15.0. The zero-order valence-electron chi connectivity index (χ0n) is 12.2. The number of carbonyl (C=O) groups excluding carboxylic acids is 1. The van der Waals surface area contributed by atoms with E-state index in [0.29, 0.717) is 12.1 Å². The maximum atomic E-state index is 12.2. The first-order valence-corrected chi connectivity index (χ1v) is 9.20. The van der Waals surface area contributed by atoms with E-state index in [2.05, 4.69) is 10.3 Å². The fourth-order valence-electron chi connectivity index (χ4n) is 2.95. The molecule has 1 aromatic heterocycles. The van der Waals surface area contributed by atoms with Crippen molar-refractivity contribution >= 4 is 32.3 Å². The Hall–Kier alpha value is -1.95. The average Bonchev–Trinajstić information content (AvgIpc) is 2.46. The van der Waals surface area contributed by atoms with Gasteiger partial charge < -0.3 is 5.32 Å². The van der Waals surface area contributed by atoms with Crippen LogP contribution in [0.3, 0.4) is 0 Å². The molecule has 1 atom stereocenters. The van der Waals surface area contributed by atoms with E-state index in [1.165, 1.54) is 0 Å². The Morgan fingerprint density at radius 1 is 1.27 bits per heavy atom. The molecule has 1 amide bonds. The number of amides is 1. The topological polar surface area (TPSA) is 76.1 Å². The van der Waals surface area contributed by atoms with Crippen LogP contribution in [0.2, 0.25) is 0 Å². The molecule has 1 aliphatic heterocycles. The highest BCUT2D eigenvalue weighted by atomic mass is 32.2. The Morgan fingerprint density at radius 2 is 2.09 bits per heavy atom. The van der Waals surface area contributed by atoms with Crippen molar-refractivity contribution in [1.29, 1.82) is 0 Å². The summed E-state index contributed by atoms with van der Waals surface area (Å²) in [5.41, 5.74) is 1.41. The molecule has 1 aliphatic rings. The van der Waals surface area contributed by atoms with E-state index in [1.54, 1.807) is 6.20 Å². The molecule has 3 rings (SSSR count). The molecule has 1 N–H and O–H groups in total. The number of pyridine rings is 1. The van der Waals surface area contributed by atoms with Crippen molar-refractivity contribution in [3.8, 4) is 0 Å². The van der Waals surface area contributed by atoms with Gasteiger partial charge >= 0.3 is 0 Å². The number of para-hydroxylation sites is 1. The van der Waals surface area contributed by atoms with Gasteiger partial charge in [-0.2, -0.15) is 0 Å². The molecule has 6 heteroatoms. The molecular weight excluding hydrogens is 300 g/mol. The van der Waals surface area contributed by atoms with Gasteiger partial charge in [0, 0.05) is 18.0 Å². The van der Waals surface area contributed by atoms with Crippen LogP contribution in [-0.2, 0) is 14.6 Å². The van der Waals surface area contributed by atoms with Crippen molar-refractivity contribution in [3.05, 3.63) is 36.5 Å². The molecule has 0 radical (unpaired) electrons. The van der Waals surface area contributed by atoms with E-state index in [9.17, 15) is 13.2 Å².